The molecule has 0 saturated heterocycles. The van der Waals surface area contributed by atoms with Crippen LogP contribution in [0.3, 0.4) is 0 Å². The summed E-state index contributed by atoms with van der Waals surface area (Å²) in [6, 6.07) is 0. The largest absolute Gasteiger partial charge is 0.460 e. The van der Waals surface area contributed by atoms with E-state index in [2.05, 4.69) is 27.7 Å². The molecule has 3 atom stereocenters. The Balaban J connectivity index is 2.19. The summed E-state index contributed by atoms with van der Waals surface area (Å²) in [7, 11) is 0. The third kappa shape index (κ3) is 3.04. The highest BCUT2D eigenvalue weighted by molar-refractivity contribution is 5.66. The number of carbonyl (C=O) groups is 1. The highest BCUT2D eigenvalue weighted by atomic mass is 16.6. The summed E-state index contributed by atoms with van der Waals surface area (Å²) in [5.74, 6) is 1.76. The first-order valence-corrected chi connectivity index (χ1v) is 7.72. The quantitative estimate of drug-likeness (QED) is 0.542. The van der Waals surface area contributed by atoms with E-state index in [-0.39, 0.29) is 11.6 Å². The molecule has 0 aromatic rings. The lowest BCUT2D eigenvalue weighted by atomic mass is 9.81. The van der Waals surface area contributed by atoms with Gasteiger partial charge < -0.3 is 4.74 Å². The van der Waals surface area contributed by atoms with Crippen LogP contribution >= 0.6 is 0 Å². The normalized spacial score (nSPS) is 31.9. The Kier molecular flexibility index (Phi) is 4.08. The van der Waals surface area contributed by atoms with Crippen molar-refractivity contribution in [3.05, 3.63) is 11.1 Å². The summed E-state index contributed by atoms with van der Waals surface area (Å²) in [5, 5.41) is 0. The Labute approximate surface area is 117 Å². The van der Waals surface area contributed by atoms with E-state index in [4.69, 9.17) is 4.74 Å². The van der Waals surface area contributed by atoms with Crippen molar-refractivity contribution >= 4 is 5.97 Å². The molecule has 2 aliphatic carbocycles. The van der Waals surface area contributed by atoms with Gasteiger partial charge in [0, 0.05) is 12.8 Å². The van der Waals surface area contributed by atoms with Gasteiger partial charge in [0.2, 0.25) is 0 Å². The van der Waals surface area contributed by atoms with Crippen molar-refractivity contribution in [2.75, 3.05) is 0 Å². The third-order valence-electron chi connectivity index (χ3n) is 5.25. The molecule has 0 saturated carbocycles. The first-order valence-electron chi connectivity index (χ1n) is 7.72. The minimum absolute atomic E-state index is 0.157. The predicted molar refractivity (Wildman–Crippen MR) is 77.8 cm³/mol. The van der Waals surface area contributed by atoms with E-state index in [1.54, 1.807) is 11.1 Å². The molecule has 2 heteroatoms. The van der Waals surface area contributed by atoms with Crippen LogP contribution in [0.15, 0.2) is 11.1 Å². The molecule has 0 aliphatic heterocycles. The number of hydrogen-bond donors (Lipinski definition) is 0. The van der Waals surface area contributed by atoms with Crippen molar-refractivity contribution in [2.45, 2.75) is 72.3 Å². The summed E-state index contributed by atoms with van der Waals surface area (Å²) in [5.41, 5.74) is 3.06. The van der Waals surface area contributed by atoms with E-state index in [0.29, 0.717) is 5.92 Å². The lowest BCUT2D eigenvalue weighted by Crippen LogP contribution is -2.36. The third-order valence-corrected chi connectivity index (χ3v) is 5.25. The number of ether oxygens (including phenoxy) is 1. The molecule has 2 nitrogen and oxygen atoms in total. The molecule has 0 heterocycles. The number of rotatable bonds is 2. The minimum Gasteiger partial charge on any atom is -0.460 e. The van der Waals surface area contributed by atoms with Crippen molar-refractivity contribution in [3.8, 4) is 0 Å². The number of carbonyl (C=O) groups excluding carboxylic acids is 1. The zero-order valence-electron chi connectivity index (χ0n) is 13.1. The number of hydrogen-bond acceptors (Lipinski definition) is 2. The highest BCUT2D eigenvalue weighted by Crippen LogP contribution is 2.46. The Morgan fingerprint density at radius 2 is 1.74 bits per heavy atom. The van der Waals surface area contributed by atoms with E-state index in [1.807, 2.05) is 0 Å². The van der Waals surface area contributed by atoms with Gasteiger partial charge in [-0.15, -0.1) is 0 Å². The molecule has 2 aliphatic rings. The summed E-state index contributed by atoms with van der Waals surface area (Å²) in [6.07, 6.45) is 6.14. The Morgan fingerprint density at radius 1 is 1.11 bits per heavy atom. The SMILES string of the molecule is CC(=O)OC(C)(C)C1CC[C@H](C)C2=C(C1)[C@@H](C)CC2. The molecule has 0 spiro atoms. The molecule has 0 bridgehead atoms. The van der Waals surface area contributed by atoms with Gasteiger partial charge in [-0.25, -0.2) is 0 Å². The lowest BCUT2D eigenvalue weighted by Gasteiger charge is -2.34. The second-order valence-electron chi connectivity index (χ2n) is 7.07. The molecule has 108 valence electrons. The van der Waals surface area contributed by atoms with Crippen LogP contribution < -0.4 is 0 Å². The van der Waals surface area contributed by atoms with E-state index in [0.717, 1.165) is 18.3 Å². The molecule has 2 rings (SSSR count). The second kappa shape index (κ2) is 5.30. The topological polar surface area (TPSA) is 26.3 Å². The smallest absolute Gasteiger partial charge is 0.303 e. The molecule has 0 aromatic heterocycles. The molecule has 0 amide bonds. The van der Waals surface area contributed by atoms with Crippen molar-refractivity contribution in [1.29, 1.82) is 0 Å². The van der Waals surface area contributed by atoms with E-state index in [9.17, 15) is 4.79 Å². The van der Waals surface area contributed by atoms with Crippen molar-refractivity contribution in [1.82, 2.24) is 0 Å². The maximum Gasteiger partial charge on any atom is 0.303 e. The first kappa shape index (κ1) is 14.6. The predicted octanol–water partition coefficient (Wildman–Crippen LogP) is 4.49. The summed E-state index contributed by atoms with van der Waals surface area (Å²) in [4.78, 5) is 11.3. The number of allylic oxidation sites excluding steroid dienone is 2. The Hall–Kier alpha value is -0.790. The van der Waals surface area contributed by atoms with Gasteiger partial charge in [-0.1, -0.05) is 25.0 Å². The average molecular weight is 264 g/mol. The fourth-order valence-electron chi connectivity index (χ4n) is 3.96. The van der Waals surface area contributed by atoms with Gasteiger partial charge in [-0.3, -0.25) is 4.79 Å². The van der Waals surface area contributed by atoms with Crippen LogP contribution in [0, 0.1) is 17.8 Å². The van der Waals surface area contributed by atoms with Gasteiger partial charge in [0.05, 0.1) is 0 Å². The van der Waals surface area contributed by atoms with Gasteiger partial charge in [-0.2, -0.15) is 0 Å². The second-order valence-corrected chi connectivity index (χ2v) is 7.07. The Morgan fingerprint density at radius 3 is 2.37 bits per heavy atom. The molecule has 0 aromatic carbocycles. The molecule has 0 N–H and O–H groups in total. The van der Waals surface area contributed by atoms with Crippen LogP contribution in [0.4, 0.5) is 0 Å². The fourth-order valence-corrected chi connectivity index (χ4v) is 3.96. The van der Waals surface area contributed by atoms with E-state index < -0.39 is 0 Å². The highest BCUT2D eigenvalue weighted by Gasteiger charge is 2.38. The van der Waals surface area contributed by atoms with Crippen LogP contribution in [-0.4, -0.2) is 11.6 Å². The van der Waals surface area contributed by atoms with Crippen LogP contribution in [-0.2, 0) is 9.53 Å². The van der Waals surface area contributed by atoms with E-state index in [1.165, 1.54) is 32.6 Å². The monoisotopic (exact) mass is 264 g/mol. The number of esters is 1. The molecule has 0 fully saturated rings. The van der Waals surface area contributed by atoms with Crippen molar-refractivity contribution in [3.63, 3.8) is 0 Å². The average Bonchev–Trinajstić information content (AvgIpc) is 2.53. The Bertz CT molecular complexity index is 392. The maximum absolute atomic E-state index is 11.3. The summed E-state index contributed by atoms with van der Waals surface area (Å²) >= 11 is 0. The van der Waals surface area contributed by atoms with Gasteiger partial charge in [0.15, 0.2) is 0 Å². The molecular weight excluding hydrogens is 236 g/mol. The summed E-state index contributed by atoms with van der Waals surface area (Å²) < 4.78 is 5.59. The van der Waals surface area contributed by atoms with Crippen molar-refractivity contribution < 1.29 is 9.53 Å². The first-order chi connectivity index (χ1) is 8.81. The van der Waals surface area contributed by atoms with Crippen LogP contribution in [0.1, 0.15) is 66.7 Å². The van der Waals surface area contributed by atoms with Gasteiger partial charge in [0.25, 0.3) is 0 Å². The molecule has 1 unspecified atom stereocenters. The van der Waals surface area contributed by atoms with Crippen molar-refractivity contribution in [2.24, 2.45) is 17.8 Å². The van der Waals surface area contributed by atoms with Crippen LogP contribution in [0.5, 0.6) is 0 Å². The maximum atomic E-state index is 11.3. The van der Waals surface area contributed by atoms with Gasteiger partial charge in [0.1, 0.15) is 5.60 Å². The minimum atomic E-state index is -0.337. The van der Waals surface area contributed by atoms with E-state index >= 15 is 0 Å². The molecular formula is C17H28O2. The van der Waals surface area contributed by atoms with Gasteiger partial charge >= 0.3 is 5.97 Å². The molecule has 19 heavy (non-hydrogen) atoms. The standard InChI is InChI=1S/C17H28O2/c1-11-6-8-14(17(4,5)19-13(3)18)10-16-12(2)7-9-15(11)16/h11-12,14H,6-10H2,1-5H3/t11-,12-,14?/m0/s1. The zero-order chi connectivity index (χ0) is 14.2. The zero-order valence-corrected chi connectivity index (χ0v) is 13.1. The fraction of sp³-hybridized carbons (Fsp3) is 0.824. The van der Waals surface area contributed by atoms with Gasteiger partial charge in [-0.05, 0) is 57.8 Å². The van der Waals surface area contributed by atoms with Crippen LogP contribution in [0.25, 0.3) is 0 Å². The lowest BCUT2D eigenvalue weighted by molar-refractivity contribution is -0.159. The summed E-state index contributed by atoms with van der Waals surface area (Å²) in [6.45, 7) is 10.4. The van der Waals surface area contributed by atoms with Crippen LogP contribution in [0.2, 0.25) is 0 Å². The molecule has 0 radical (unpaired) electrons.